The Balaban J connectivity index is 2.12. The number of thioether (sulfide) groups is 1. The van der Waals surface area contributed by atoms with Crippen LogP contribution < -0.4 is 5.32 Å². The van der Waals surface area contributed by atoms with Crippen molar-refractivity contribution in [3.8, 4) is 11.3 Å². The third kappa shape index (κ3) is 5.60. The second-order valence-electron chi connectivity index (χ2n) is 7.15. The van der Waals surface area contributed by atoms with Gasteiger partial charge in [0.15, 0.2) is 5.13 Å². The topological polar surface area (TPSA) is 86.1 Å². The lowest BCUT2D eigenvalue weighted by atomic mass is 9.99. The van der Waals surface area contributed by atoms with Gasteiger partial charge in [-0.05, 0) is 36.8 Å². The monoisotopic (exact) mass is 473 g/mol. The number of carboxylic acid groups (broad SMARTS) is 1. The van der Waals surface area contributed by atoms with Crippen LogP contribution in [0.3, 0.4) is 0 Å². The van der Waals surface area contributed by atoms with Crippen molar-refractivity contribution in [2.75, 3.05) is 5.32 Å². The first-order valence-corrected chi connectivity index (χ1v) is 11.3. The quantitative estimate of drug-likeness (QED) is 0.197. The van der Waals surface area contributed by atoms with E-state index in [2.05, 4.69) is 10.3 Å². The van der Waals surface area contributed by atoms with E-state index in [0.717, 1.165) is 4.21 Å². The molecule has 1 aromatic heterocycles. The largest absolute Gasteiger partial charge is 0.477 e. The Morgan fingerprint density at radius 2 is 1.81 bits per heavy atom. The van der Waals surface area contributed by atoms with Gasteiger partial charge in [-0.1, -0.05) is 49.4 Å². The summed E-state index contributed by atoms with van der Waals surface area (Å²) in [4.78, 5) is 16.6. The number of aliphatic carboxylic acids is 1. The van der Waals surface area contributed by atoms with Crippen molar-refractivity contribution in [1.29, 1.82) is 5.41 Å². The molecule has 2 aromatic carbocycles. The molecule has 166 valence electrons. The maximum absolute atomic E-state index is 13.8. The summed E-state index contributed by atoms with van der Waals surface area (Å²) >= 11 is 2.77. The lowest BCUT2D eigenvalue weighted by Crippen LogP contribution is -2.16. The average Bonchev–Trinajstić information content (AvgIpc) is 3.09. The van der Waals surface area contributed by atoms with Crippen molar-refractivity contribution < 1.29 is 18.7 Å². The molecule has 0 aliphatic carbocycles. The van der Waals surface area contributed by atoms with Gasteiger partial charge >= 0.3 is 5.97 Å². The molecule has 0 atom stereocenters. The number of hydrogen-bond acceptors (Lipinski definition) is 6. The van der Waals surface area contributed by atoms with Crippen molar-refractivity contribution >= 4 is 45.5 Å². The standard InChI is InChI=1S/C23H21F2N3O2S2/c1-12(2)31-22-19(15-7-5-9-17(25)11-15)27-23(32-22)28-20(21(29)30)18(13(3)26)14-6-4-8-16(24)10-14/h4-12,26H,1-3H3,(H,27,28)(H,29,30)/b20-18+,26-13?. The maximum atomic E-state index is 13.8. The van der Waals surface area contributed by atoms with Crippen molar-refractivity contribution in [1.82, 2.24) is 4.98 Å². The van der Waals surface area contributed by atoms with Gasteiger partial charge in [-0.3, -0.25) is 0 Å². The van der Waals surface area contributed by atoms with Crippen molar-refractivity contribution in [3.05, 3.63) is 71.4 Å². The van der Waals surface area contributed by atoms with Crippen molar-refractivity contribution in [2.24, 2.45) is 0 Å². The zero-order valence-electron chi connectivity index (χ0n) is 17.6. The molecule has 0 unspecified atom stereocenters. The molecule has 0 aliphatic heterocycles. The molecule has 0 fully saturated rings. The molecule has 0 saturated carbocycles. The third-order valence-electron chi connectivity index (χ3n) is 4.22. The first-order chi connectivity index (χ1) is 15.2. The highest BCUT2D eigenvalue weighted by molar-refractivity contribution is 8.01. The number of anilines is 1. The smallest absolute Gasteiger partial charge is 0.353 e. The summed E-state index contributed by atoms with van der Waals surface area (Å²) in [6.07, 6.45) is 0. The van der Waals surface area contributed by atoms with Gasteiger partial charge < -0.3 is 15.8 Å². The third-order valence-corrected chi connectivity index (χ3v) is 6.40. The number of carbonyl (C=O) groups is 1. The lowest BCUT2D eigenvalue weighted by Gasteiger charge is -2.12. The number of hydrogen-bond donors (Lipinski definition) is 3. The van der Waals surface area contributed by atoms with E-state index < -0.39 is 17.6 Å². The van der Waals surface area contributed by atoms with Crippen LogP contribution >= 0.6 is 23.1 Å². The predicted molar refractivity (Wildman–Crippen MR) is 126 cm³/mol. The van der Waals surface area contributed by atoms with Gasteiger partial charge in [0.1, 0.15) is 17.3 Å². The van der Waals surface area contributed by atoms with Crippen LogP contribution in [0.15, 0.2) is 58.4 Å². The summed E-state index contributed by atoms with van der Waals surface area (Å²) in [5.41, 5.74) is 1.10. The average molecular weight is 474 g/mol. The van der Waals surface area contributed by atoms with E-state index >= 15 is 0 Å². The second-order valence-corrected chi connectivity index (χ2v) is 9.99. The summed E-state index contributed by atoms with van der Waals surface area (Å²) in [5.74, 6) is -2.25. The highest BCUT2D eigenvalue weighted by Crippen LogP contribution is 2.41. The molecule has 32 heavy (non-hydrogen) atoms. The summed E-state index contributed by atoms with van der Waals surface area (Å²) in [6, 6.07) is 11.5. The Bertz CT molecular complexity index is 1210. The number of rotatable bonds is 8. The minimum Gasteiger partial charge on any atom is -0.477 e. The summed E-state index contributed by atoms with van der Waals surface area (Å²) in [5, 5.41) is 21.3. The lowest BCUT2D eigenvalue weighted by molar-refractivity contribution is -0.132. The minimum absolute atomic E-state index is 0.0424. The van der Waals surface area contributed by atoms with Gasteiger partial charge in [0.25, 0.3) is 0 Å². The number of allylic oxidation sites excluding steroid dienone is 1. The number of aromatic nitrogens is 1. The molecule has 0 amide bonds. The molecule has 0 aliphatic rings. The van der Waals surface area contributed by atoms with Crippen LogP contribution in [-0.2, 0) is 4.79 Å². The van der Waals surface area contributed by atoms with Crippen LogP contribution in [-0.4, -0.2) is 27.0 Å². The molecule has 1 heterocycles. The van der Waals surface area contributed by atoms with Crippen LogP contribution in [0.25, 0.3) is 16.8 Å². The fourth-order valence-corrected chi connectivity index (χ4v) is 5.43. The second kappa shape index (κ2) is 10.1. The van der Waals surface area contributed by atoms with Crippen LogP contribution in [0.2, 0.25) is 0 Å². The Kier molecular flexibility index (Phi) is 7.42. The minimum atomic E-state index is -1.31. The molecule has 3 rings (SSSR count). The summed E-state index contributed by atoms with van der Waals surface area (Å²) in [6.45, 7) is 5.46. The number of nitrogens with one attached hydrogen (secondary N) is 2. The maximum Gasteiger partial charge on any atom is 0.353 e. The Hall–Kier alpha value is -3.04. The normalized spacial score (nSPS) is 11.9. The number of nitrogens with zero attached hydrogens (tertiary/aromatic N) is 1. The molecule has 9 heteroatoms. The van der Waals surface area contributed by atoms with Gasteiger partial charge in [-0.2, -0.15) is 0 Å². The predicted octanol–water partition coefficient (Wildman–Crippen LogP) is 6.54. The Labute approximate surface area is 192 Å². The van der Waals surface area contributed by atoms with E-state index in [1.165, 1.54) is 60.4 Å². The first kappa shape index (κ1) is 23.6. The molecule has 0 bridgehead atoms. The Morgan fingerprint density at radius 3 is 2.38 bits per heavy atom. The molecular weight excluding hydrogens is 452 g/mol. The number of carboxylic acids is 1. The molecule has 0 radical (unpaired) electrons. The van der Waals surface area contributed by atoms with E-state index in [1.54, 1.807) is 18.2 Å². The van der Waals surface area contributed by atoms with Gasteiger partial charge in [-0.15, -0.1) is 11.8 Å². The van der Waals surface area contributed by atoms with Crippen LogP contribution in [0.1, 0.15) is 26.3 Å². The zero-order valence-corrected chi connectivity index (χ0v) is 19.2. The fourth-order valence-electron chi connectivity index (χ4n) is 2.99. The number of benzene rings is 2. The van der Waals surface area contributed by atoms with Crippen LogP contribution in [0, 0.1) is 17.0 Å². The number of halogens is 2. The van der Waals surface area contributed by atoms with Crippen LogP contribution in [0.4, 0.5) is 13.9 Å². The fraction of sp³-hybridized carbons (Fsp3) is 0.174. The molecule has 3 aromatic rings. The van der Waals surface area contributed by atoms with E-state index in [0.29, 0.717) is 11.3 Å². The van der Waals surface area contributed by atoms with Gasteiger partial charge in [0.2, 0.25) is 0 Å². The highest BCUT2D eigenvalue weighted by atomic mass is 32.2. The van der Waals surface area contributed by atoms with Gasteiger partial charge in [0.05, 0.1) is 9.90 Å². The molecule has 3 N–H and O–H groups in total. The molecular formula is C23H21F2N3O2S2. The van der Waals surface area contributed by atoms with E-state index in [9.17, 15) is 18.7 Å². The van der Waals surface area contributed by atoms with E-state index in [1.807, 2.05) is 13.8 Å². The van der Waals surface area contributed by atoms with Crippen molar-refractivity contribution in [3.63, 3.8) is 0 Å². The van der Waals surface area contributed by atoms with E-state index in [4.69, 9.17) is 5.41 Å². The Morgan fingerprint density at radius 1 is 1.16 bits per heavy atom. The molecule has 5 nitrogen and oxygen atoms in total. The molecule has 0 spiro atoms. The van der Waals surface area contributed by atoms with E-state index in [-0.39, 0.29) is 32.9 Å². The highest BCUT2D eigenvalue weighted by Gasteiger charge is 2.22. The summed E-state index contributed by atoms with van der Waals surface area (Å²) in [7, 11) is 0. The van der Waals surface area contributed by atoms with Gasteiger partial charge in [0, 0.05) is 22.1 Å². The van der Waals surface area contributed by atoms with Crippen molar-refractivity contribution in [2.45, 2.75) is 30.2 Å². The molecule has 0 saturated heterocycles. The number of thiazole rings is 1. The first-order valence-electron chi connectivity index (χ1n) is 9.65. The van der Waals surface area contributed by atoms with Crippen LogP contribution in [0.5, 0.6) is 0 Å². The van der Waals surface area contributed by atoms with Gasteiger partial charge in [-0.25, -0.2) is 18.6 Å². The zero-order chi connectivity index (χ0) is 23.4. The summed E-state index contributed by atoms with van der Waals surface area (Å²) < 4.78 is 28.4. The SMILES string of the molecule is CC(=N)/C(=C(\Nc1nc(-c2cccc(F)c2)c(SC(C)C)s1)C(=O)O)c1cccc(F)c1.